The number of ether oxygens (including phenoxy) is 26. The summed E-state index contributed by atoms with van der Waals surface area (Å²) in [6, 6.07) is 0. The fraction of sp³-hybridized carbons (Fsp3) is 0.651. The Bertz CT molecular complexity index is 4620. The molecule has 30 unspecified atom stereocenters. The smallest absolute Gasteiger partial charge is 0.344 e. The molecule has 17 fully saturated rings. The van der Waals surface area contributed by atoms with Crippen molar-refractivity contribution in [1.29, 1.82) is 0 Å². The van der Waals surface area contributed by atoms with Crippen molar-refractivity contribution in [2.75, 3.05) is 60.5 Å². The van der Waals surface area contributed by atoms with Crippen LogP contribution < -0.4 is 0 Å². The van der Waals surface area contributed by atoms with Gasteiger partial charge in [0, 0.05) is 37.5 Å². The van der Waals surface area contributed by atoms with Crippen molar-refractivity contribution in [3.05, 3.63) is 63.3 Å². The molecule has 30 atom stereocenters. The molecule has 0 N–H and O–H groups in total. The van der Waals surface area contributed by atoms with E-state index in [1.165, 1.54) is 14.2 Å². The van der Waals surface area contributed by atoms with Crippen LogP contribution in [0.4, 0.5) is 0 Å². The zero-order chi connectivity index (χ0) is 95.4. The van der Waals surface area contributed by atoms with Gasteiger partial charge in [-0.05, 0) is 78.6 Å². The molecule has 15 aliphatic heterocycles. The lowest BCUT2D eigenvalue weighted by atomic mass is 9.78. The molecular formula is C86H98O46. The highest BCUT2D eigenvalue weighted by Crippen LogP contribution is 2.57. The molecule has 10 bridgehead atoms. The van der Waals surface area contributed by atoms with Crippen molar-refractivity contribution in [1.82, 2.24) is 0 Å². The number of carbonyl (C=O) groups excluding carboxylic acids is 20. The number of fused-ring (bicyclic) bond motifs is 5. The van der Waals surface area contributed by atoms with Gasteiger partial charge >= 0.3 is 119 Å². The highest BCUT2D eigenvalue weighted by atomic mass is 16.7. The van der Waals surface area contributed by atoms with Crippen molar-refractivity contribution >= 4 is 119 Å². The summed E-state index contributed by atoms with van der Waals surface area (Å²) < 4.78 is 136. The zero-order valence-electron chi connectivity index (χ0n) is 72.1. The number of hydrogen-bond donors (Lipinski definition) is 0. The molecule has 15 heterocycles. The standard InChI is InChI=1S/C20H24O9.C19H22O9.C17H20O9.C16H18O10.C14H14O9/c1-3-10(21)25-9-11(22)26-16-15-13(12-14(27-15)17(16)28-18(12)23)19(24)29-20(4-2)7-5-6-8-20;1-2-10(20)24-8-11(21)26-16-14-12(13-15(27-14)17(16)28-19(13)23)18(22)25-9-6-4-3-5-7-9;1-5-7(18)22-6-8(19)23-13-12-10(16(21)26-17(2,3)4)9-11(24-12)14(13)25-15(9)20;1-3-7(17)23-6-8(18)24-13-11-9(15(19)22-5-4-21-2)10-12(25-11)14(13)26-16(10)20;1-3-5(15)20-4-6(16)21-11-9-7(13(17)19-2)8-10(22-9)12(11)23-14(8)18/h3,12-17H,1,4-9H2,2H3;2,9,12-17H,1,3-8H2;5,9-14H,1,6H2,2-4H3;3,9-14H,1,4-6H2,2H3;3,7-12H,1,4H2,2H3. The average Bonchev–Trinajstić information content (AvgIpc) is 1.57. The maximum absolute atomic E-state index is 13.0. The van der Waals surface area contributed by atoms with Crippen molar-refractivity contribution in [3.8, 4) is 0 Å². The number of esters is 20. The maximum atomic E-state index is 13.0. The van der Waals surface area contributed by atoms with E-state index in [0.29, 0.717) is 6.42 Å². The minimum Gasteiger partial charge on any atom is -0.469 e. The SMILES string of the molecule is C=CC(=O)OCC(=O)OC1C2OC(=O)C3C2OC1C3C(=O)OC.C=CC(=O)OCC(=O)OC1C2OC(=O)C3C2OC1C3C(=O)OC(C)(C)C.C=CC(=O)OCC(=O)OC1C2OC(=O)C3C2OC1C3C(=O)OC1(CC)CCCC1.C=CC(=O)OCC(=O)OC1C2OC(=O)C3C2OC1C3C(=O)OC1CCCCC1.C=CC(=O)OCC(=O)OC1C2OC(=O)C3C2OC1C3C(=O)OCCOC. The summed E-state index contributed by atoms with van der Waals surface area (Å²) in [5, 5.41) is 0. The van der Waals surface area contributed by atoms with Crippen LogP contribution in [0.3, 0.4) is 0 Å². The Morgan fingerprint density at radius 3 is 0.894 bits per heavy atom. The highest BCUT2D eigenvalue weighted by Gasteiger charge is 2.77. The van der Waals surface area contributed by atoms with Gasteiger partial charge in [0.05, 0.1) is 13.7 Å². The molecule has 17 aliphatic rings. The molecule has 2 aliphatic carbocycles. The number of hydrogen-bond acceptors (Lipinski definition) is 46. The molecule has 0 aromatic rings. The van der Waals surface area contributed by atoms with Crippen molar-refractivity contribution in [2.24, 2.45) is 59.2 Å². The molecular weight excluding hydrogens is 1770 g/mol. The summed E-state index contributed by atoms with van der Waals surface area (Å²) >= 11 is 0. The fourth-order valence-electron chi connectivity index (χ4n) is 19.7. The van der Waals surface area contributed by atoms with Crippen LogP contribution in [-0.4, -0.2) is 319 Å². The molecule has 0 spiro atoms. The minimum atomic E-state index is -0.974. The minimum absolute atomic E-state index is 0.0242. The number of methoxy groups -OCH3 is 2. The summed E-state index contributed by atoms with van der Waals surface area (Å²) in [6.07, 6.45) is -2.70. The lowest BCUT2D eigenvalue weighted by molar-refractivity contribution is -0.175. The van der Waals surface area contributed by atoms with E-state index in [4.69, 9.17) is 94.7 Å². The van der Waals surface area contributed by atoms with Gasteiger partial charge in [0.25, 0.3) is 0 Å². The molecule has 0 radical (unpaired) electrons. The van der Waals surface area contributed by atoms with Gasteiger partial charge in [-0.2, -0.15) is 0 Å². The van der Waals surface area contributed by atoms with Crippen LogP contribution >= 0.6 is 0 Å². The Labute approximate surface area is 749 Å². The van der Waals surface area contributed by atoms with Crippen molar-refractivity contribution in [2.45, 2.75) is 231 Å². The number of carbonyl (C=O) groups is 20. The third-order valence-electron chi connectivity index (χ3n) is 25.2. The molecule has 17 rings (SSSR count). The lowest BCUT2D eigenvalue weighted by Crippen LogP contribution is -2.49. The van der Waals surface area contributed by atoms with Crippen LogP contribution in [0.25, 0.3) is 0 Å². The zero-order valence-corrected chi connectivity index (χ0v) is 72.1. The average molecular weight is 1870 g/mol. The molecule has 46 heteroatoms. The summed E-state index contributed by atoms with van der Waals surface area (Å²) in [7, 11) is 2.66. The van der Waals surface area contributed by atoms with E-state index in [1.807, 2.05) is 6.92 Å². The molecule has 0 aromatic carbocycles. The first-order chi connectivity index (χ1) is 62.9. The first kappa shape index (κ1) is 97.4. The summed E-state index contributed by atoms with van der Waals surface area (Å²) in [5.74, 6) is -22.0. The summed E-state index contributed by atoms with van der Waals surface area (Å²) in [5.41, 5.74) is -1.25. The highest BCUT2D eigenvalue weighted by molar-refractivity contribution is 5.93. The van der Waals surface area contributed by atoms with E-state index in [2.05, 4.69) is 61.3 Å². The Morgan fingerprint density at radius 1 is 0.341 bits per heavy atom. The van der Waals surface area contributed by atoms with Gasteiger partial charge in [-0.15, -0.1) is 0 Å². The molecule has 15 saturated heterocycles. The topological polar surface area (TPSA) is 581 Å². The largest absolute Gasteiger partial charge is 0.469 e. The van der Waals surface area contributed by atoms with Crippen LogP contribution in [0.1, 0.15) is 91.9 Å². The predicted molar refractivity (Wildman–Crippen MR) is 414 cm³/mol. The quantitative estimate of drug-likeness (QED) is 0.0336. The van der Waals surface area contributed by atoms with Gasteiger partial charge < -0.3 is 123 Å². The van der Waals surface area contributed by atoms with E-state index >= 15 is 0 Å². The Balaban J connectivity index is 0.000000141. The number of rotatable bonds is 31. The molecule has 46 nitrogen and oxygen atoms in total. The second-order valence-corrected chi connectivity index (χ2v) is 34.0. The molecule has 0 aromatic heterocycles. The third-order valence-corrected chi connectivity index (χ3v) is 25.2. The van der Waals surface area contributed by atoms with Gasteiger partial charge in [0.15, 0.2) is 94.1 Å². The van der Waals surface area contributed by atoms with Gasteiger partial charge in [-0.25, -0.2) is 47.9 Å². The van der Waals surface area contributed by atoms with Gasteiger partial charge in [-0.3, -0.25) is 47.9 Å². The molecule has 2 saturated carbocycles. The summed E-state index contributed by atoms with van der Waals surface area (Å²) in [4.78, 5) is 238. The first-order valence-electron chi connectivity index (χ1n) is 42.6. The maximum Gasteiger partial charge on any atom is 0.344 e. The van der Waals surface area contributed by atoms with Crippen molar-refractivity contribution < 1.29 is 219 Å². The van der Waals surface area contributed by atoms with E-state index in [-0.39, 0.29) is 19.3 Å². The van der Waals surface area contributed by atoms with Gasteiger partial charge in [0.2, 0.25) is 0 Å². The summed E-state index contributed by atoms with van der Waals surface area (Å²) in [6.45, 7) is 20.3. The van der Waals surface area contributed by atoms with Crippen molar-refractivity contribution in [3.63, 3.8) is 0 Å². The molecule has 718 valence electrons. The Morgan fingerprint density at radius 2 is 0.621 bits per heavy atom. The van der Waals surface area contributed by atoms with Crippen LogP contribution in [0.2, 0.25) is 0 Å². The fourth-order valence-corrected chi connectivity index (χ4v) is 19.7. The first-order valence-corrected chi connectivity index (χ1v) is 42.6. The Hall–Kier alpha value is -12.1. The van der Waals surface area contributed by atoms with Crippen LogP contribution in [-0.2, 0) is 219 Å². The van der Waals surface area contributed by atoms with Crippen LogP contribution in [0.5, 0.6) is 0 Å². The third kappa shape index (κ3) is 20.0. The van der Waals surface area contributed by atoms with Gasteiger partial charge in [-0.1, -0.05) is 46.2 Å². The van der Waals surface area contributed by atoms with Gasteiger partial charge in [0.1, 0.15) is 144 Å². The predicted octanol–water partition coefficient (Wildman–Crippen LogP) is -1.32. The second-order valence-electron chi connectivity index (χ2n) is 34.0. The van der Waals surface area contributed by atoms with Crippen LogP contribution in [0.15, 0.2) is 63.3 Å². The monoisotopic (exact) mass is 1870 g/mol. The van der Waals surface area contributed by atoms with E-state index < -0.39 is 345 Å². The normalized spacial score (nSPS) is 35.2. The van der Waals surface area contributed by atoms with E-state index in [0.717, 1.165) is 88.2 Å². The lowest BCUT2D eigenvalue weighted by Gasteiger charge is -2.32. The Kier molecular flexibility index (Phi) is 30.2. The van der Waals surface area contributed by atoms with E-state index in [9.17, 15) is 95.9 Å². The second kappa shape index (κ2) is 40.9. The van der Waals surface area contributed by atoms with Crippen LogP contribution in [0, 0.1) is 59.2 Å². The molecule has 0 amide bonds. The molecule has 132 heavy (non-hydrogen) atoms. The van der Waals surface area contributed by atoms with E-state index in [1.54, 1.807) is 20.8 Å².